The summed E-state index contributed by atoms with van der Waals surface area (Å²) >= 11 is 8.11. The van der Waals surface area contributed by atoms with Gasteiger partial charge < -0.3 is 5.32 Å². The lowest BCUT2D eigenvalue weighted by atomic mass is 9.96. The highest BCUT2D eigenvalue weighted by Crippen LogP contribution is 2.20. The van der Waals surface area contributed by atoms with Gasteiger partial charge in [-0.05, 0) is 52.8 Å². The number of benzene rings is 2. The van der Waals surface area contributed by atoms with Crippen LogP contribution in [0.25, 0.3) is 0 Å². The minimum Gasteiger partial charge on any atom is -0.351 e. The maximum atomic E-state index is 12.3. The monoisotopic (exact) mass is 413 g/mol. The Kier molecular flexibility index (Phi) is 6.06. The van der Waals surface area contributed by atoms with Crippen LogP contribution in [0.2, 0.25) is 5.02 Å². The smallest absolute Gasteiger partial charge is 0.252 e. The van der Waals surface area contributed by atoms with Crippen LogP contribution >= 0.6 is 34.2 Å². The third-order valence-corrected chi connectivity index (χ3v) is 4.62. The predicted molar refractivity (Wildman–Crippen MR) is 96.0 cm³/mol. The van der Waals surface area contributed by atoms with E-state index in [4.69, 9.17) is 11.6 Å². The molecular formula is C17H17ClINO. The molecule has 0 radical (unpaired) electrons. The van der Waals surface area contributed by atoms with Crippen molar-refractivity contribution in [3.05, 3.63) is 68.3 Å². The molecule has 0 bridgehead atoms. The van der Waals surface area contributed by atoms with Gasteiger partial charge in [-0.1, -0.05) is 48.9 Å². The van der Waals surface area contributed by atoms with Gasteiger partial charge in [0.15, 0.2) is 0 Å². The fraction of sp³-hybridized carbons (Fsp3) is 0.235. The second-order valence-electron chi connectivity index (χ2n) is 4.85. The molecule has 0 aliphatic rings. The van der Waals surface area contributed by atoms with Crippen molar-refractivity contribution in [1.29, 1.82) is 0 Å². The molecule has 2 aromatic rings. The summed E-state index contributed by atoms with van der Waals surface area (Å²) in [5, 5.41) is 3.59. The van der Waals surface area contributed by atoms with Crippen molar-refractivity contribution in [3.63, 3.8) is 0 Å². The molecule has 0 aliphatic heterocycles. The number of amides is 1. The molecule has 0 saturated heterocycles. The molecule has 2 aromatic carbocycles. The molecule has 2 nitrogen and oxygen atoms in total. The summed E-state index contributed by atoms with van der Waals surface area (Å²) in [7, 11) is 0. The van der Waals surface area contributed by atoms with Crippen LogP contribution in [-0.2, 0) is 0 Å². The van der Waals surface area contributed by atoms with E-state index in [1.165, 1.54) is 5.56 Å². The molecule has 4 heteroatoms. The van der Waals surface area contributed by atoms with Gasteiger partial charge >= 0.3 is 0 Å². The first-order valence-electron chi connectivity index (χ1n) is 6.90. The number of rotatable bonds is 5. The minimum absolute atomic E-state index is 0.0729. The number of hydrogen-bond acceptors (Lipinski definition) is 1. The Hall–Kier alpha value is -1.07. The molecule has 0 aromatic heterocycles. The number of carbonyl (C=O) groups excluding carboxylic acids is 1. The van der Waals surface area contributed by atoms with Gasteiger partial charge in [-0.3, -0.25) is 4.79 Å². The van der Waals surface area contributed by atoms with Gasteiger partial charge in [-0.15, -0.1) is 0 Å². The fourth-order valence-corrected chi connectivity index (χ4v) is 2.96. The Balaban J connectivity index is 2.04. The van der Waals surface area contributed by atoms with Crippen molar-refractivity contribution in [1.82, 2.24) is 5.32 Å². The summed E-state index contributed by atoms with van der Waals surface area (Å²) in [5.41, 5.74) is 1.88. The highest BCUT2D eigenvalue weighted by atomic mass is 127. The van der Waals surface area contributed by atoms with Gasteiger partial charge in [0.1, 0.15) is 0 Å². The number of halogens is 2. The van der Waals surface area contributed by atoms with Crippen LogP contribution in [0.15, 0.2) is 48.5 Å². The molecule has 2 rings (SSSR count). The molecule has 1 unspecified atom stereocenters. The Labute approximate surface area is 144 Å². The molecule has 0 aliphatic carbocycles. The van der Waals surface area contributed by atoms with Crippen LogP contribution in [-0.4, -0.2) is 12.5 Å². The zero-order valence-corrected chi connectivity index (χ0v) is 14.7. The second-order valence-corrected chi connectivity index (χ2v) is 6.45. The molecule has 1 N–H and O–H groups in total. The lowest BCUT2D eigenvalue weighted by Gasteiger charge is -2.16. The quantitative estimate of drug-likeness (QED) is 0.696. The van der Waals surface area contributed by atoms with Crippen LogP contribution in [0, 0.1) is 3.57 Å². The zero-order valence-electron chi connectivity index (χ0n) is 11.8. The molecule has 110 valence electrons. The van der Waals surface area contributed by atoms with Gasteiger partial charge in [0.05, 0.1) is 5.56 Å². The maximum absolute atomic E-state index is 12.3. The average Bonchev–Trinajstić information content (AvgIpc) is 2.51. The van der Waals surface area contributed by atoms with Crippen molar-refractivity contribution in [2.75, 3.05) is 6.54 Å². The van der Waals surface area contributed by atoms with E-state index < -0.39 is 0 Å². The van der Waals surface area contributed by atoms with E-state index in [1.54, 1.807) is 12.1 Å². The summed E-state index contributed by atoms with van der Waals surface area (Å²) in [6, 6.07) is 15.6. The first-order valence-corrected chi connectivity index (χ1v) is 8.35. The number of hydrogen-bond donors (Lipinski definition) is 1. The molecule has 21 heavy (non-hydrogen) atoms. The first-order chi connectivity index (χ1) is 10.1. The van der Waals surface area contributed by atoms with Crippen molar-refractivity contribution in [3.8, 4) is 0 Å². The molecule has 0 saturated carbocycles. The van der Waals surface area contributed by atoms with E-state index in [1.807, 2.05) is 24.3 Å². The van der Waals surface area contributed by atoms with Crippen molar-refractivity contribution in [2.24, 2.45) is 0 Å². The van der Waals surface area contributed by atoms with Crippen LogP contribution in [0.5, 0.6) is 0 Å². The lowest BCUT2D eigenvalue weighted by molar-refractivity contribution is 0.0950. The third-order valence-electron chi connectivity index (χ3n) is 3.45. The third kappa shape index (κ3) is 4.45. The second kappa shape index (κ2) is 7.80. The van der Waals surface area contributed by atoms with Crippen LogP contribution in [0.4, 0.5) is 0 Å². The Morgan fingerprint density at radius 2 is 1.95 bits per heavy atom. The highest BCUT2D eigenvalue weighted by Gasteiger charge is 2.14. The number of nitrogens with one attached hydrogen (secondary N) is 1. The van der Waals surface area contributed by atoms with Crippen LogP contribution < -0.4 is 5.32 Å². The van der Waals surface area contributed by atoms with E-state index >= 15 is 0 Å². The maximum Gasteiger partial charge on any atom is 0.252 e. The van der Waals surface area contributed by atoms with E-state index in [2.05, 4.69) is 47.0 Å². The minimum atomic E-state index is -0.0729. The van der Waals surface area contributed by atoms with E-state index in [0.29, 0.717) is 23.0 Å². The topological polar surface area (TPSA) is 29.1 Å². The summed E-state index contributed by atoms with van der Waals surface area (Å²) in [4.78, 5) is 12.3. The molecule has 1 atom stereocenters. The largest absolute Gasteiger partial charge is 0.351 e. The van der Waals surface area contributed by atoms with Crippen LogP contribution in [0.3, 0.4) is 0 Å². The molecule has 0 heterocycles. The number of carbonyl (C=O) groups is 1. The first kappa shape index (κ1) is 16.3. The van der Waals surface area contributed by atoms with Gasteiger partial charge in [-0.2, -0.15) is 0 Å². The SMILES string of the molecule is CCC(CNC(=O)c1cc(Cl)ccc1I)c1ccccc1. The Morgan fingerprint density at radius 1 is 1.24 bits per heavy atom. The van der Waals surface area contributed by atoms with Crippen LogP contribution in [0.1, 0.15) is 35.2 Å². The zero-order chi connectivity index (χ0) is 15.2. The molecular weight excluding hydrogens is 397 g/mol. The average molecular weight is 414 g/mol. The van der Waals surface area contributed by atoms with Gasteiger partial charge in [-0.25, -0.2) is 0 Å². The van der Waals surface area contributed by atoms with Crippen molar-refractivity contribution < 1.29 is 4.79 Å². The molecule has 0 spiro atoms. The standard InChI is InChI=1S/C17H17ClINO/c1-2-12(13-6-4-3-5-7-13)11-20-17(21)15-10-14(18)8-9-16(15)19/h3-10,12H,2,11H2,1H3,(H,20,21). The Bertz CT molecular complexity index is 615. The summed E-state index contributed by atoms with van der Waals surface area (Å²) in [6.45, 7) is 2.76. The highest BCUT2D eigenvalue weighted by molar-refractivity contribution is 14.1. The summed E-state index contributed by atoms with van der Waals surface area (Å²) < 4.78 is 0.905. The van der Waals surface area contributed by atoms with Gasteiger partial charge in [0.25, 0.3) is 5.91 Å². The predicted octanol–water partition coefficient (Wildman–Crippen LogP) is 4.87. The summed E-state index contributed by atoms with van der Waals surface area (Å²) in [6.07, 6.45) is 0.983. The van der Waals surface area contributed by atoms with Crippen molar-refractivity contribution >= 4 is 40.1 Å². The van der Waals surface area contributed by atoms with E-state index in [0.717, 1.165) is 9.99 Å². The fourth-order valence-electron chi connectivity index (χ4n) is 2.21. The van der Waals surface area contributed by atoms with Crippen molar-refractivity contribution in [2.45, 2.75) is 19.3 Å². The Morgan fingerprint density at radius 3 is 2.62 bits per heavy atom. The van der Waals surface area contributed by atoms with E-state index in [-0.39, 0.29) is 5.91 Å². The normalized spacial score (nSPS) is 12.0. The lowest BCUT2D eigenvalue weighted by Crippen LogP contribution is -2.28. The molecule has 1 amide bonds. The van der Waals surface area contributed by atoms with Gasteiger partial charge in [0, 0.05) is 21.1 Å². The van der Waals surface area contributed by atoms with E-state index in [9.17, 15) is 4.79 Å². The van der Waals surface area contributed by atoms with Gasteiger partial charge in [0.2, 0.25) is 0 Å². The summed E-state index contributed by atoms with van der Waals surface area (Å²) in [5.74, 6) is 0.253. The molecule has 0 fully saturated rings.